The summed E-state index contributed by atoms with van der Waals surface area (Å²) < 4.78 is 26.4. The Kier molecular flexibility index (Phi) is 7.36. The third-order valence-corrected chi connectivity index (χ3v) is 5.89. The van der Waals surface area contributed by atoms with Gasteiger partial charge < -0.3 is 16.0 Å². The van der Waals surface area contributed by atoms with Crippen molar-refractivity contribution in [2.45, 2.75) is 17.9 Å². The fourth-order valence-electron chi connectivity index (χ4n) is 2.32. The molecule has 8 nitrogen and oxygen atoms in total. The van der Waals surface area contributed by atoms with Crippen LogP contribution in [0.4, 0.5) is 0 Å². The molecule has 1 heterocycles. The maximum absolute atomic E-state index is 12.7. The molecule has 0 spiro atoms. The number of benzene rings is 1. The van der Waals surface area contributed by atoms with Crippen LogP contribution < -0.4 is 11.1 Å². The Hall–Kier alpha value is -1.68. The lowest BCUT2D eigenvalue weighted by molar-refractivity contribution is -0.122. The predicted molar refractivity (Wildman–Crippen MR) is 96.1 cm³/mol. The van der Waals surface area contributed by atoms with E-state index in [9.17, 15) is 18.0 Å². The van der Waals surface area contributed by atoms with Crippen molar-refractivity contribution in [1.29, 1.82) is 0 Å². The second kappa shape index (κ2) is 8.61. The topological polar surface area (TPSA) is 113 Å². The van der Waals surface area contributed by atoms with E-state index in [1.54, 1.807) is 13.1 Å². The number of piperazine rings is 1. The van der Waals surface area contributed by atoms with Crippen LogP contribution in [0.2, 0.25) is 0 Å². The number of hydrogen-bond donors (Lipinski definition) is 2. The first-order chi connectivity index (χ1) is 11.3. The molecule has 10 heteroatoms. The molecule has 1 atom stereocenters. The molecule has 1 fully saturated rings. The molecule has 0 aromatic heterocycles. The Morgan fingerprint density at radius 3 is 2.72 bits per heavy atom. The van der Waals surface area contributed by atoms with Crippen molar-refractivity contribution in [3.63, 3.8) is 0 Å². The van der Waals surface area contributed by atoms with Gasteiger partial charge in [0.1, 0.15) is 0 Å². The molecule has 1 aliphatic rings. The van der Waals surface area contributed by atoms with Crippen LogP contribution in [0.15, 0.2) is 29.2 Å². The first kappa shape index (κ1) is 21.4. The van der Waals surface area contributed by atoms with Crippen LogP contribution in [-0.2, 0) is 14.8 Å². The Balaban J connectivity index is 0.00000312. The maximum atomic E-state index is 12.7. The summed E-state index contributed by atoms with van der Waals surface area (Å²) >= 11 is 0. The molecule has 0 radical (unpaired) electrons. The summed E-state index contributed by atoms with van der Waals surface area (Å²) in [6.07, 6.45) is 0. The SMILES string of the molecule is CC(CN)N(C)C(=O)c1cccc(S(=O)(=O)N2CCNC(=O)C2)c1.Cl. The lowest BCUT2D eigenvalue weighted by Gasteiger charge is -2.26. The van der Waals surface area contributed by atoms with Gasteiger partial charge >= 0.3 is 0 Å². The zero-order valence-corrected chi connectivity index (χ0v) is 15.8. The van der Waals surface area contributed by atoms with Crippen LogP contribution in [-0.4, -0.2) is 68.7 Å². The van der Waals surface area contributed by atoms with Crippen molar-refractivity contribution in [3.05, 3.63) is 29.8 Å². The van der Waals surface area contributed by atoms with Gasteiger partial charge in [-0.3, -0.25) is 9.59 Å². The van der Waals surface area contributed by atoms with E-state index in [1.807, 2.05) is 6.92 Å². The number of nitrogens with zero attached hydrogens (tertiary/aromatic N) is 2. The number of amides is 2. The van der Waals surface area contributed by atoms with Crippen LogP contribution in [0.25, 0.3) is 0 Å². The van der Waals surface area contributed by atoms with Crippen molar-refractivity contribution < 1.29 is 18.0 Å². The Labute approximate surface area is 153 Å². The number of nitrogens with one attached hydrogen (secondary N) is 1. The molecule has 2 amide bonds. The van der Waals surface area contributed by atoms with Crippen molar-refractivity contribution in [2.75, 3.05) is 33.2 Å². The summed E-state index contributed by atoms with van der Waals surface area (Å²) in [4.78, 5) is 25.4. The van der Waals surface area contributed by atoms with Crippen LogP contribution in [0, 0.1) is 0 Å². The number of carbonyl (C=O) groups is 2. The molecule has 0 aliphatic carbocycles. The molecule has 1 aromatic carbocycles. The molecule has 1 aliphatic heterocycles. The Bertz CT molecular complexity index is 741. The highest BCUT2D eigenvalue weighted by molar-refractivity contribution is 7.89. The van der Waals surface area contributed by atoms with Crippen LogP contribution in [0.5, 0.6) is 0 Å². The molecule has 1 saturated heterocycles. The minimum atomic E-state index is -3.83. The van der Waals surface area contributed by atoms with E-state index in [-0.39, 0.29) is 60.4 Å². The molecule has 3 N–H and O–H groups in total. The lowest BCUT2D eigenvalue weighted by atomic mass is 10.2. The van der Waals surface area contributed by atoms with E-state index < -0.39 is 10.0 Å². The van der Waals surface area contributed by atoms with Gasteiger partial charge in [-0.1, -0.05) is 6.07 Å². The van der Waals surface area contributed by atoms with Gasteiger partial charge in [-0.2, -0.15) is 4.31 Å². The Morgan fingerprint density at radius 1 is 1.44 bits per heavy atom. The maximum Gasteiger partial charge on any atom is 0.253 e. The largest absolute Gasteiger partial charge is 0.354 e. The monoisotopic (exact) mass is 390 g/mol. The smallest absolute Gasteiger partial charge is 0.253 e. The molecular formula is C15H23ClN4O4S. The Morgan fingerprint density at radius 2 is 2.12 bits per heavy atom. The highest BCUT2D eigenvalue weighted by Gasteiger charge is 2.29. The third-order valence-electron chi connectivity index (χ3n) is 4.04. The average molecular weight is 391 g/mol. The number of sulfonamides is 1. The normalized spacial score (nSPS) is 16.5. The fraction of sp³-hybridized carbons (Fsp3) is 0.467. The molecule has 1 aromatic rings. The van der Waals surface area contributed by atoms with Crippen molar-refractivity contribution >= 4 is 34.2 Å². The number of hydrogen-bond acceptors (Lipinski definition) is 5. The second-order valence-corrected chi connectivity index (χ2v) is 7.66. The first-order valence-electron chi connectivity index (χ1n) is 7.61. The van der Waals surface area contributed by atoms with E-state index in [1.165, 1.54) is 23.1 Å². The minimum absolute atomic E-state index is 0. The third kappa shape index (κ3) is 4.69. The van der Waals surface area contributed by atoms with Crippen molar-refractivity contribution in [1.82, 2.24) is 14.5 Å². The molecule has 0 bridgehead atoms. The van der Waals surface area contributed by atoms with Gasteiger partial charge in [-0.15, -0.1) is 12.4 Å². The summed E-state index contributed by atoms with van der Waals surface area (Å²) in [6, 6.07) is 5.67. The fourth-order valence-corrected chi connectivity index (χ4v) is 3.76. The predicted octanol–water partition coefficient (Wildman–Crippen LogP) is -0.352. The number of nitrogens with two attached hydrogens (primary N) is 1. The zero-order chi connectivity index (χ0) is 17.9. The lowest BCUT2D eigenvalue weighted by Crippen LogP contribution is -2.49. The van der Waals surface area contributed by atoms with Crippen LogP contribution in [0.1, 0.15) is 17.3 Å². The van der Waals surface area contributed by atoms with Gasteiger partial charge in [-0.05, 0) is 25.1 Å². The van der Waals surface area contributed by atoms with Crippen molar-refractivity contribution in [2.24, 2.45) is 5.73 Å². The summed E-state index contributed by atoms with van der Waals surface area (Å²) in [7, 11) is -2.20. The van der Waals surface area contributed by atoms with Gasteiger partial charge in [0.15, 0.2) is 0 Å². The summed E-state index contributed by atoms with van der Waals surface area (Å²) in [6.45, 7) is 2.38. The molecular weight excluding hydrogens is 368 g/mol. The zero-order valence-electron chi connectivity index (χ0n) is 14.1. The van der Waals surface area contributed by atoms with E-state index in [0.717, 1.165) is 4.31 Å². The molecule has 2 rings (SSSR count). The summed E-state index contributed by atoms with van der Waals surface area (Å²) in [5.41, 5.74) is 5.83. The van der Waals surface area contributed by atoms with E-state index in [0.29, 0.717) is 6.54 Å². The van der Waals surface area contributed by atoms with E-state index in [4.69, 9.17) is 5.73 Å². The number of rotatable bonds is 5. The van der Waals surface area contributed by atoms with Crippen LogP contribution in [0.3, 0.4) is 0 Å². The van der Waals surface area contributed by atoms with Gasteiger partial charge in [0.25, 0.3) is 5.91 Å². The highest BCUT2D eigenvalue weighted by atomic mass is 35.5. The van der Waals surface area contributed by atoms with E-state index in [2.05, 4.69) is 5.32 Å². The van der Waals surface area contributed by atoms with Crippen LogP contribution >= 0.6 is 12.4 Å². The standard InChI is InChI=1S/C15H22N4O4S.ClH/c1-11(9-16)18(2)15(21)12-4-3-5-13(8-12)24(22,23)19-7-6-17-14(20)10-19;/h3-5,8,11H,6-7,9-10,16H2,1-2H3,(H,17,20);1H. The second-order valence-electron chi connectivity index (χ2n) is 5.72. The van der Waals surface area contributed by atoms with Crippen molar-refractivity contribution in [3.8, 4) is 0 Å². The first-order valence-corrected chi connectivity index (χ1v) is 9.05. The summed E-state index contributed by atoms with van der Waals surface area (Å²) in [5.74, 6) is -0.644. The number of carbonyl (C=O) groups excluding carboxylic acids is 2. The molecule has 0 saturated carbocycles. The average Bonchev–Trinajstić information content (AvgIpc) is 2.59. The quantitative estimate of drug-likeness (QED) is 0.713. The van der Waals surface area contributed by atoms with Gasteiger partial charge in [0.05, 0.1) is 11.4 Å². The van der Waals surface area contributed by atoms with Gasteiger partial charge in [0, 0.05) is 38.3 Å². The molecule has 25 heavy (non-hydrogen) atoms. The van der Waals surface area contributed by atoms with Gasteiger partial charge in [0.2, 0.25) is 15.9 Å². The minimum Gasteiger partial charge on any atom is -0.354 e. The van der Waals surface area contributed by atoms with E-state index >= 15 is 0 Å². The van der Waals surface area contributed by atoms with Gasteiger partial charge in [-0.25, -0.2) is 8.42 Å². The molecule has 1 unspecified atom stereocenters. The number of likely N-dealkylation sites (N-methyl/N-ethyl adjacent to an activating group) is 1. The highest BCUT2D eigenvalue weighted by Crippen LogP contribution is 2.19. The summed E-state index contributed by atoms with van der Waals surface area (Å²) in [5, 5.41) is 2.58. The molecule has 140 valence electrons. The number of halogens is 1.